The van der Waals surface area contributed by atoms with Crippen LogP contribution in [0.3, 0.4) is 0 Å². The van der Waals surface area contributed by atoms with Gasteiger partial charge >= 0.3 is 0 Å². The van der Waals surface area contributed by atoms with E-state index in [0.29, 0.717) is 55.3 Å². The fraction of sp³-hybridized carbons (Fsp3) is 0.333. The third-order valence-corrected chi connectivity index (χ3v) is 10.6. The van der Waals surface area contributed by atoms with Gasteiger partial charge in [0.25, 0.3) is 0 Å². The van der Waals surface area contributed by atoms with Crippen LogP contribution in [0.1, 0.15) is 81.7 Å². The maximum absolute atomic E-state index is 13.3. The zero-order valence-corrected chi connectivity index (χ0v) is 29.3. The Balaban J connectivity index is 1.04. The fourth-order valence-electron chi connectivity index (χ4n) is 5.85. The van der Waals surface area contributed by atoms with E-state index in [9.17, 15) is 9.59 Å². The SMILES string of the molecule is CSc1cccc2cc(C(=O)CCCOCCCC(=O)C[C@@H]3N=C(c4ccc(Cl)cc4)c4c(sc(C)c4C)-n4c(C)nnc43)cnc12. The number of rotatable bonds is 13. The maximum atomic E-state index is 13.3. The second-order valence-corrected chi connectivity index (χ2v) is 14.1. The Labute approximate surface area is 287 Å². The lowest BCUT2D eigenvalue weighted by atomic mass is 9.99. The van der Waals surface area contributed by atoms with Gasteiger partial charge in [-0.05, 0) is 69.7 Å². The molecule has 3 aromatic heterocycles. The largest absolute Gasteiger partial charge is 0.381 e. The normalized spacial score (nSPS) is 14.1. The number of carbonyl (C=O) groups is 2. The molecule has 11 heteroatoms. The second kappa shape index (κ2) is 14.6. The number of thioether (sulfide) groups is 1. The van der Waals surface area contributed by atoms with E-state index in [1.807, 2.05) is 61.7 Å². The smallest absolute Gasteiger partial charge is 0.164 e. The van der Waals surface area contributed by atoms with E-state index < -0.39 is 6.04 Å². The van der Waals surface area contributed by atoms with E-state index in [-0.39, 0.29) is 18.0 Å². The van der Waals surface area contributed by atoms with E-state index in [1.165, 1.54) is 4.88 Å². The first-order valence-corrected chi connectivity index (χ1v) is 18.1. The average molecular weight is 686 g/mol. The number of Topliss-reactive ketones (excluding diaryl/α,β-unsaturated/α-hetero) is 2. The first-order valence-electron chi connectivity index (χ1n) is 15.7. The van der Waals surface area contributed by atoms with Gasteiger partial charge in [-0.15, -0.1) is 33.3 Å². The molecule has 242 valence electrons. The van der Waals surface area contributed by atoms with Crippen molar-refractivity contribution >= 4 is 62.9 Å². The number of ether oxygens (including phenoxy) is 1. The van der Waals surface area contributed by atoms with Crippen molar-refractivity contribution in [2.45, 2.75) is 63.8 Å². The maximum Gasteiger partial charge on any atom is 0.164 e. The molecule has 0 spiro atoms. The van der Waals surface area contributed by atoms with Crippen LogP contribution in [0.15, 0.2) is 64.6 Å². The van der Waals surface area contributed by atoms with E-state index in [4.69, 9.17) is 21.3 Å². The molecule has 0 saturated carbocycles. The van der Waals surface area contributed by atoms with Crippen LogP contribution in [-0.4, -0.2) is 56.5 Å². The van der Waals surface area contributed by atoms with Gasteiger partial charge in [0.15, 0.2) is 11.6 Å². The number of benzene rings is 2. The highest BCUT2D eigenvalue weighted by Gasteiger charge is 2.32. The molecule has 0 N–H and O–H groups in total. The van der Waals surface area contributed by atoms with E-state index in [2.05, 4.69) is 33.6 Å². The zero-order valence-electron chi connectivity index (χ0n) is 26.9. The van der Waals surface area contributed by atoms with Crippen molar-refractivity contribution in [1.29, 1.82) is 0 Å². The average Bonchev–Trinajstić information content (AvgIpc) is 3.55. The molecular weight excluding hydrogens is 650 g/mol. The van der Waals surface area contributed by atoms with Gasteiger partial charge in [0.1, 0.15) is 22.7 Å². The Morgan fingerprint density at radius 3 is 2.55 bits per heavy atom. The Kier molecular flexibility index (Phi) is 10.3. The van der Waals surface area contributed by atoms with E-state index >= 15 is 0 Å². The number of aryl methyl sites for hydroxylation is 2. The van der Waals surface area contributed by atoms with Gasteiger partial charge in [0, 0.05) is 75.5 Å². The first kappa shape index (κ1) is 33.2. The topological polar surface area (TPSA) is 99.3 Å². The van der Waals surface area contributed by atoms with Crippen molar-refractivity contribution < 1.29 is 14.3 Å². The Hall–Kier alpha value is -3.70. The highest BCUT2D eigenvalue weighted by molar-refractivity contribution is 7.98. The molecule has 1 aliphatic heterocycles. The minimum Gasteiger partial charge on any atom is -0.381 e. The molecule has 0 fully saturated rings. The van der Waals surface area contributed by atoms with Crippen LogP contribution in [-0.2, 0) is 9.53 Å². The van der Waals surface area contributed by atoms with Gasteiger partial charge in [0.05, 0.1) is 11.2 Å². The number of aliphatic imine (C=N–C) groups is 1. The molecule has 1 aliphatic rings. The third kappa shape index (κ3) is 7.11. The van der Waals surface area contributed by atoms with Gasteiger partial charge in [-0.25, -0.2) is 0 Å². The molecule has 5 aromatic rings. The number of halogens is 1. The van der Waals surface area contributed by atoms with Crippen LogP contribution < -0.4 is 0 Å². The molecule has 0 unspecified atom stereocenters. The monoisotopic (exact) mass is 685 g/mol. The van der Waals surface area contributed by atoms with E-state index in [0.717, 1.165) is 49.0 Å². The molecule has 2 aromatic carbocycles. The summed E-state index contributed by atoms with van der Waals surface area (Å²) in [6, 6.07) is 15.1. The lowest BCUT2D eigenvalue weighted by molar-refractivity contribution is -0.119. The van der Waals surface area contributed by atoms with Crippen LogP contribution in [0.4, 0.5) is 0 Å². The minimum absolute atomic E-state index is 0.0532. The summed E-state index contributed by atoms with van der Waals surface area (Å²) >= 11 is 9.55. The van der Waals surface area contributed by atoms with Crippen molar-refractivity contribution in [3.8, 4) is 5.00 Å². The molecular formula is C36H36ClN5O3S2. The minimum atomic E-state index is -0.475. The van der Waals surface area contributed by atoms with Gasteiger partial charge in [-0.1, -0.05) is 35.9 Å². The first-order chi connectivity index (χ1) is 22.7. The summed E-state index contributed by atoms with van der Waals surface area (Å²) in [7, 11) is 0. The summed E-state index contributed by atoms with van der Waals surface area (Å²) in [5.74, 6) is 1.58. The number of fused-ring (bicyclic) bond motifs is 4. The summed E-state index contributed by atoms with van der Waals surface area (Å²) in [5, 5.41) is 11.5. The summed E-state index contributed by atoms with van der Waals surface area (Å²) in [6.07, 6.45) is 5.86. The van der Waals surface area contributed by atoms with Crippen LogP contribution in [0, 0.1) is 20.8 Å². The molecule has 0 bridgehead atoms. The quantitative estimate of drug-likeness (QED) is 0.0696. The highest BCUT2D eigenvalue weighted by Crippen LogP contribution is 2.39. The van der Waals surface area contributed by atoms with Crippen LogP contribution in [0.25, 0.3) is 15.9 Å². The summed E-state index contributed by atoms with van der Waals surface area (Å²) in [5.41, 5.74) is 5.51. The Morgan fingerprint density at radius 2 is 1.79 bits per heavy atom. The third-order valence-electron chi connectivity index (χ3n) is 8.43. The van der Waals surface area contributed by atoms with Crippen molar-refractivity contribution in [3.63, 3.8) is 0 Å². The van der Waals surface area contributed by atoms with Gasteiger partial charge in [-0.3, -0.25) is 24.1 Å². The number of aromatic nitrogens is 4. The van der Waals surface area contributed by atoms with Crippen molar-refractivity contribution in [2.24, 2.45) is 4.99 Å². The number of ketones is 2. The van der Waals surface area contributed by atoms with Crippen LogP contribution in [0.2, 0.25) is 5.02 Å². The molecule has 8 nitrogen and oxygen atoms in total. The molecule has 0 amide bonds. The standard InChI is InChI=1S/C36H36ClN5O3S2/c1-21-22(2)47-36-32(21)34(24-12-14-27(37)15-13-24)39-29(35-41-40-23(3)42(35)36)19-28(43)9-6-16-45-17-7-10-30(44)26-18-25-8-5-11-31(46-4)33(25)38-20-26/h5,8,11-15,18,20,29H,6-7,9-10,16-17,19H2,1-4H3/t29-/m0/s1. The summed E-state index contributed by atoms with van der Waals surface area (Å²) in [4.78, 5) is 38.1. The molecule has 4 heterocycles. The van der Waals surface area contributed by atoms with Crippen molar-refractivity contribution in [3.05, 3.63) is 98.5 Å². The van der Waals surface area contributed by atoms with Gasteiger partial charge in [0.2, 0.25) is 0 Å². The Morgan fingerprint density at radius 1 is 1.02 bits per heavy atom. The van der Waals surface area contributed by atoms with Crippen molar-refractivity contribution in [2.75, 3.05) is 19.5 Å². The zero-order chi connectivity index (χ0) is 33.1. The van der Waals surface area contributed by atoms with Gasteiger partial charge < -0.3 is 4.74 Å². The number of carbonyl (C=O) groups excluding carboxylic acids is 2. The second-order valence-electron chi connectivity index (χ2n) is 11.6. The molecule has 1 atom stereocenters. The lowest BCUT2D eigenvalue weighted by Crippen LogP contribution is -2.12. The lowest BCUT2D eigenvalue weighted by Gasteiger charge is -2.12. The van der Waals surface area contributed by atoms with Crippen LogP contribution >= 0.6 is 34.7 Å². The van der Waals surface area contributed by atoms with Gasteiger partial charge in [-0.2, -0.15) is 0 Å². The number of thiophene rings is 1. The number of hydrogen-bond acceptors (Lipinski definition) is 9. The Bertz CT molecular complexity index is 1980. The molecule has 0 radical (unpaired) electrons. The summed E-state index contributed by atoms with van der Waals surface area (Å²) < 4.78 is 7.85. The van der Waals surface area contributed by atoms with E-state index in [1.54, 1.807) is 29.3 Å². The predicted molar refractivity (Wildman–Crippen MR) is 190 cm³/mol. The predicted octanol–water partition coefficient (Wildman–Crippen LogP) is 8.49. The highest BCUT2D eigenvalue weighted by atomic mass is 35.5. The molecule has 0 saturated heterocycles. The summed E-state index contributed by atoms with van der Waals surface area (Å²) in [6.45, 7) is 7.06. The number of nitrogens with zero attached hydrogens (tertiary/aromatic N) is 5. The number of hydrogen-bond donors (Lipinski definition) is 0. The van der Waals surface area contributed by atoms with Crippen molar-refractivity contribution in [1.82, 2.24) is 19.7 Å². The number of para-hydroxylation sites is 1. The molecule has 6 rings (SSSR count). The van der Waals surface area contributed by atoms with Crippen LogP contribution in [0.5, 0.6) is 0 Å². The fourth-order valence-corrected chi connectivity index (χ4v) is 7.77. The molecule has 47 heavy (non-hydrogen) atoms. The number of pyridine rings is 1. The molecule has 0 aliphatic carbocycles.